The molecule has 2 unspecified atom stereocenters. The molecule has 4 rings (SSSR count). The van der Waals surface area contributed by atoms with Crippen LogP contribution in [-0.4, -0.2) is 35.2 Å². The number of likely N-dealkylation sites (tertiary alicyclic amines) is 1. The van der Waals surface area contributed by atoms with E-state index in [1.54, 1.807) is 0 Å². The van der Waals surface area contributed by atoms with Crippen LogP contribution in [0, 0.1) is 0 Å². The molecular weight excluding hydrogens is 236 g/mol. The van der Waals surface area contributed by atoms with Gasteiger partial charge in [-0.05, 0) is 55.4 Å². The lowest BCUT2D eigenvalue weighted by Gasteiger charge is -2.20. The summed E-state index contributed by atoms with van der Waals surface area (Å²) >= 11 is 0. The van der Waals surface area contributed by atoms with E-state index in [1.807, 2.05) is 12.1 Å². The Bertz CT molecular complexity index is 484. The minimum atomic E-state index is 0.403. The number of aromatic hydroxyl groups is 1. The van der Waals surface area contributed by atoms with Crippen LogP contribution in [0.3, 0.4) is 0 Å². The fourth-order valence-corrected chi connectivity index (χ4v) is 3.76. The van der Waals surface area contributed by atoms with Crippen molar-refractivity contribution in [3.05, 3.63) is 29.3 Å². The Balaban J connectivity index is 1.42. The van der Waals surface area contributed by atoms with Gasteiger partial charge in [0.15, 0.2) is 0 Å². The van der Waals surface area contributed by atoms with Crippen molar-refractivity contribution < 1.29 is 5.11 Å². The molecule has 102 valence electrons. The molecule has 2 aliphatic carbocycles. The topological polar surface area (TPSA) is 35.5 Å². The van der Waals surface area contributed by atoms with Gasteiger partial charge in [-0.3, -0.25) is 4.90 Å². The normalized spacial score (nSPS) is 30.7. The monoisotopic (exact) mass is 258 g/mol. The van der Waals surface area contributed by atoms with Crippen LogP contribution in [-0.2, 0) is 6.42 Å². The highest BCUT2D eigenvalue weighted by Gasteiger charge is 2.35. The molecule has 2 atom stereocenters. The maximum Gasteiger partial charge on any atom is 0.115 e. The number of benzene rings is 1. The minimum Gasteiger partial charge on any atom is -0.508 e. The molecule has 1 aliphatic heterocycles. The molecule has 0 spiro atoms. The summed E-state index contributed by atoms with van der Waals surface area (Å²) in [6.45, 7) is 2.51. The maximum absolute atomic E-state index is 9.54. The van der Waals surface area contributed by atoms with E-state index in [0.717, 1.165) is 12.5 Å². The molecule has 1 saturated carbocycles. The third kappa shape index (κ3) is 2.26. The highest BCUT2D eigenvalue weighted by molar-refractivity contribution is 5.40. The van der Waals surface area contributed by atoms with Gasteiger partial charge >= 0.3 is 0 Å². The van der Waals surface area contributed by atoms with E-state index in [0.29, 0.717) is 17.8 Å². The smallest absolute Gasteiger partial charge is 0.115 e. The van der Waals surface area contributed by atoms with Crippen molar-refractivity contribution in [3.8, 4) is 5.75 Å². The summed E-state index contributed by atoms with van der Waals surface area (Å²) in [5.74, 6) is 0.403. The molecule has 19 heavy (non-hydrogen) atoms. The van der Waals surface area contributed by atoms with Gasteiger partial charge in [0.1, 0.15) is 5.75 Å². The number of hydrogen-bond acceptors (Lipinski definition) is 3. The molecule has 1 aromatic carbocycles. The number of aryl methyl sites for hydroxylation is 1. The number of fused-ring (bicyclic) bond motifs is 1. The van der Waals surface area contributed by atoms with Crippen molar-refractivity contribution in [2.75, 3.05) is 13.1 Å². The summed E-state index contributed by atoms with van der Waals surface area (Å²) in [6.07, 6.45) is 6.40. The second kappa shape index (κ2) is 4.50. The molecule has 2 N–H and O–H groups in total. The SMILES string of the molecule is Oc1ccc2c(c1)CCC2NC1CCN(C2CC2)C1. The molecule has 0 aromatic heterocycles. The van der Waals surface area contributed by atoms with Crippen LogP contribution >= 0.6 is 0 Å². The van der Waals surface area contributed by atoms with E-state index in [-0.39, 0.29) is 0 Å². The van der Waals surface area contributed by atoms with Crippen LogP contribution in [0.25, 0.3) is 0 Å². The van der Waals surface area contributed by atoms with Crippen molar-refractivity contribution in [2.24, 2.45) is 0 Å². The summed E-state index contributed by atoms with van der Waals surface area (Å²) in [7, 11) is 0. The molecule has 3 heteroatoms. The molecule has 1 saturated heterocycles. The van der Waals surface area contributed by atoms with Gasteiger partial charge < -0.3 is 10.4 Å². The van der Waals surface area contributed by atoms with Gasteiger partial charge in [-0.15, -0.1) is 0 Å². The number of phenolic OH excluding ortho intramolecular Hbond substituents is 1. The van der Waals surface area contributed by atoms with Gasteiger partial charge in [0.05, 0.1) is 0 Å². The molecule has 1 heterocycles. The van der Waals surface area contributed by atoms with Crippen LogP contribution in [0.1, 0.15) is 42.9 Å². The number of phenols is 1. The summed E-state index contributed by atoms with van der Waals surface area (Å²) in [6, 6.07) is 7.92. The zero-order valence-corrected chi connectivity index (χ0v) is 11.3. The summed E-state index contributed by atoms with van der Waals surface area (Å²) in [4.78, 5) is 2.66. The lowest BCUT2D eigenvalue weighted by atomic mass is 10.1. The standard InChI is InChI=1S/C16H22N2O/c19-14-4-5-15-11(9-14)1-6-16(15)17-12-7-8-18(10-12)13-2-3-13/h4-5,9,12-13,16-17,19H,1-3,6-8,10H2. The molecule has 0 amide bonds. The molecular formula is C16H22N2O. The third-order valence-electron chi connectivity index (χ3n) is 4.92. The Morgan fingerprint density at radius 1 is 1.16 bits per heavy atom. The van der Waals surface area contributed by atoms with Crippen molar-refractivity contribution in [3.63, 3.8) is 0 Å². The van der Waals surface area contributed by atoms with Gasteiger partial charge in [-0.2, -0.15) is 0 Å². The maximum atomic E-state index is 9.54. The van der Waals surface area contributed by atoms with E-state index in [1.165, 1.54) is 49.9 Å². The van der Waals surface area contributed by atoms with Crippen LogP contribution in [0.15, 0.2) is 18.2 Å². The van der Waals surface area contributed by atoms with Gasteiger partial charge in [-0.25, -0.2) is 0 Å². The molecule has 1 aromatic rings. The number of nitrogens with zero attached hydrogens (tertiary/aromatic N) is 1. The molecule has 3 nitrogen and oxygen atoms in total. The largest absolute Gasteiger partial charge is 0.508 e. The minimum absolute atomic E-state index is 0.403. The second-order valence-corrected chi connectivity index (χ2v) is 6.35. The van der Waals surface area contributed by atoms with Crippen molar-refractivity contribution in [2.45, 2.75) is 50.2 Å². The van der Waals surface area contributed by atoms with Gasteiger partial charge in [0.2, 0.25) is 0 Å². The predicted molar refractivity (Wildman–Crippen MR) is 75.3 cm³/mol. The first-order chi connectivity index (χ1) is 9.29. The van der Waals surface area contributed by atoms with E-state index in [9.17, 15) is 5.11 Å². The second-order valence-electron chi connectivity index (χ2n) is 6.35. The molecule has 2 fully saturated rings. The van der Waals surface area contributed by atoms with E-state index < -0.39 is 0 Å². The number of hydrogen-bond donors (Lipinski definition) is 2. The van der Waals surface area contributed by atoms with Gasteiger partial charge in [0.25, 0.3) is 0 Å². The zero-order chi connectivity index (χ0) is 12.8. The quantitative estimate of drug-likeness (QED) is 0.872. The third-order valence-corrected chi connectivity index (χ3v) is 4.92. The Morgan fingerprint density at radius 2 is 2.05 bits per heavy atom. The van der Waals surface area contributed by atoms with Crippen LogP contribution in [0.4, 0.5) is 0 Å². The Morgan fingerprint density at radius 3 is 2.89 bits per heavy atom. The van der Waals surface area contributed by atoms with E-state index in [2.05, 4.69) is 16.3 Å². The summed E-state index contributed by atoms with van der Waals surface area (Å²) in [5, 5.41) is 13.4. The van der Waals surface area contributed by atoms with E-state index in [4.69, 9.17) is 0 Å². The zero-order valence-electron chi connectivity index (χ0n) is 11.3. The van der Waals surface area contributed by atoms with Crippen LogP contribution in [0.2, 0.25) is 0 Å². The Kier molecular flexibility index (Phi) is 2.78. The predicted octanol–water partition coefficient (Wildman–Crippen LogP) is 2.21. The lowest BCUT2D eigenvalue weighted by Crippen LogP contribution is -2.35. The lowest BCUT2D eigenvalue weighted by molar-refractivity contribution is 0.312. The summed E-state index contributed by atoms with van der Waals surface area (Å²) in [5.41, 5.74) is 2.73. The number of rotatable bonds is 3. The average molecular weight is 258 g/mol. The van der Waals surface area contributed by atoms with Crippen LogP contribution in [0.5, 0.6) is 5.75 Å². The average Bonchev–Trinajstić information content (AvgIpc) is 3.03. The van der Waals surface area contributed by atoms with E-state index >= 15 is 0 Å². The Hall–Kier alpha value is -1.06. The molecule has 0 radical (unpaired) electrons. The first kappa shape index (κ1) is 11.7. The molecule has 0 bridgehead atoms. The highest BCUT2D eigenvalue weighted by atomic mass is 16.3. The van der Waals surface area contributed by atoms with Crippen molar-refractivity contribution in [1.82, 2.24) is 10.2 Å². The fourth-order valence-electron chi connectivity index (χ4n) is 3.76. The Labute approximate surface area is 114 Å². The molecule has 3 aliphatic rings. The fraction of sp³-hybridized carbons (Fsp3) is 0.625. The van der Waals surface area contributed by atoms with Crippen molar-refractivity contribution in [1.29, 1.82) is 0 Å². The van der Waals surface area contributed by atoms with Gasteiger partial charge in [-0.1, -0.05) is 6.07 Å². The number of nitrogens with one attached hydrogen (secondary N) is 1. The first-order valence-corrected chi connectivity index (χ1v) is 7.61. The van der Waals surface area contributed by atoms with Crippen LogP contribution < -0.4 is 5.32 Å². The first-order valence-electron chi connectivity index (χ1n) is 7.61. The highest BCUT2D eigenvalue weighted by Crippen LogP contribution is 2.35. The summed E-state index contributed by atoms with van der Waals surface area (Å²) < 4.78 is 0. The van der Waals surface area contributed by atoms with Gasteiger partial charge in [0, 0.05) is 31.2 Å². The van der Waals surface area contributed by atoms with Crippen molar-refractivity contribution >= 4 is 0 Å².